The summed E-state index contributed by atoms with van der Waals surface area (Å²) in [6.07, 6.45) is 2.95. The standard InChI is InChI=1S/C11H17NO4S/c1-16-6-5-12(9-4-7-17-8-9)10(13)2-3-11(14)15/h2-3,9H,4-8H2,1H3,(H,14,15)/b3-2+. The summed E-state index contributed by atoms with van der Waals surface area (Å²) in [4.78, 5) is 23.9. The molecule has 1 amide bonds. The molecule has 1 atom stereocenters. The number of hydrogen-bond donors (Lipinski definition) is 1. The molecule has 0 aromatic rings. The van der Waals surface area contributed by atoms with Gasteiger partial charge in [0.1, 0.15) is 0 Å². The predicted octanol–water partition coefficient (Wildman–Crippen LogP) is 0.608. The summed E-state index contributed by atoms with van der Waals surface area (Å²) in [5.41, 5.74) is 0. The second-order valence-corrected chi connectivity index (χ2v) is 4.86. The Kier molecular flexibility index (Phi) is 6.07. The molecular formula is C11H17NO4S. The molecule has 1 aliphatic heterocycles. The van der Waals surface area contributed by atoms with Crippen molar-refractivity contribution in [1.29, 1.82) is 0 Å². The monoisotopic (exact) mass is 259 g/mol. The summed E-state index contributed by atoms with van der Waals surface area (Å²) in [7, 11) is 1.58. The molecule has 1 aliphatic rings. The SMILES string of the molecule is COCCN(C(=O)/C=C/C(=O)O)C1CCSC1. The van der Waals surface area contributed by atoms with Gasteiger partial charge in [-0.3, -0.25) is 4.79 Å². The number of hydrogen-bond acceptors (Lipinski definition) is 4. The Labute approximate surface area is 105 Å². The third-order valence-electron chi connectivity index (χ3n) is 2.53. The van der Waals surface area contributed by atoms with E-state index in [1.165, 1.54) is 0 Å². The summed E-state index contributed by atoms with van der Waals surface area (Å²) in [6.45, 7) is 0.971. The average Bonchev–Trinajstić information content (AvgIpc) is 2.80. The topological polar surface area (TPSA) is 66.8 Å². The van der Waals surface area contributed by atoms with Crippen LogP contribution in [0, 0.1) is 0 Å². The minimum atomic E-state index is -1.11. The molecule has 0 aromatic heterocycles. The summed E-state index contributed by atoms with van der Waals surface area (Å²) < 4.78 is 4.97. The van der Waals surface area contributed by atoms with E-state index in [1.807, 2.05) is 11.8 Å². The highest BCUT2D eigenvalue weighted by atomic mass is 32.2. The first-order valence-electron chi connectivity index (χ1n) is 5.43. The van der Waals surface area contributed by atoms with Gasteiger partial charge in [-0.25, -0.2) is 4.79 Å². The lowest BCUT2D eigenvalue weighted by molar-refractivity contribution is -0.132. The van der Waals surface area contributed by atoms with Crippen LogP contribution in [0.15, 0.2) is 12.2 Å². The van der Waals surface area contributed by atoms with E-state index in [1.54, 1.807) is 12.0 Å². The van der Waals surface area contributed by atoms with Gasteiger partial charge in [0, 0.05) is 37.6 Å². The van der Waals surface area contributed by atoms with E-state index in [0.29, 0.717) is 13.2 Å². The number of aliphatic carboxylic acids is 1. The lowest BCUT2D eigenvalue weighted by Gasteiger charge is -2.27. The van der Waals surface area contributed by atoms with Crippen LogP contribution in [-0.4, -0.2) is 59.7 Å². The molecule has 0 bridgehead atoms. The van der Waals surface area contributed by atoms with Crippen LogP contribution in [0.2, 0.25) is 0 Å². The zero-order chi connectivity index (χ0) is 12.7. The molecule has 0 saturated carbocycles. The third kappa shape index (κ3) is 4.79. The molecule has 1 heterocycles. The second kappa shape index (κ2) is 7.34. The van der Waals surface area contributed by atoms with E-state index in [4.69, 9.17) is 9.84 Å². The normalized spacial score (nSPS) is 19.7. The number of carboxylic acid groups (broad SMARTS) is 1. The first kappa shape index (κ1) is 14.1. The Morgan fingerprint density at radius 2 is 2.29 bits per heavy atom. The number of carbonyl (C=O) groups is 2. The van der Waals surface area contributed by atoms with E-state index in [-0.39, 0.29) is 11.9 Å². The van der Waals surface area contributed by atoms with Gasteiger partial charge in [0.15, 0.2) is 0 Å². The molecule has 1 fully saturated rings. The van der Waals surface area contributed by atoms with E-state index >= 15 is 0 Å². The Bertz CT molecular complexity index is 300. The maximum Gasteiger partial charge on any atom is 0.328 e. The molecular weight excluding hydrogens is 242 g/mol. The maximum absolute atomic E-state index is 11.9. The quantitative estimate of drug-likeness (QED) is 0.708. The second-order valence-electron chi connectivity index (χ2n) is 3.71. The fourth-order valence-electron chi connectivity index (χ4n) is 1.67. The smallest absolute Gasteiger partial charge is 0.328 e. The van der Waals surface area contributed by atoms with Crippen molar-refractivity contribution in [1.82, 2.24) is 4.90 Å². The van der Waals surface area contributed by atoms with Gasteiger partial charge < -0.3 is 14.7 Å². The van der Waals surface area contributed by atoms with E-state index in [9.17, 15) is 9.59 Å². The van der Waals surface area contributed by atoms with Crippen LogP contribution < -0.4 is 0 Å². The minimum absolute atomic E-state index is 0.195. The van der Waals surface area contributed by atoms with Crippen LogP contribution in [-0.2, 0) is 14.3 Å². The van der Waals surface area contributed by atoms with Gasteiger partial charge >= 0.3 is 5.97 Å². The molecule has 17 heavy (non-hydrogen) atoms. The van der Waals surface area contributed by atoms with Crippen molar-refractivity contribution < 1.29 is 19.4 Å². The molecule has 0 aliphatic carbocycles. The maximum atomic E-state index is 11.9. The molecule has 0 aromatic carbocycles. The fourth-order valence-corrected chi connectivity index (χ4v) is 2.89. The summed E-state index contributed by atoms with van der Waals surface area (Å²) in [5.74, 6) is 0.600. The molecule has 6 heteroatoms. The van der Waals surface area contributed by atoms with Crippen LogP contribution in [0.25, 0.3) is 0 Å². The third-order valence-corrected chi connectivity index (χ3v) is 3.68. The number of thioether (sulfide) groups is 1. The van der Waals surface area contributed by atoms with Crippen LogP contribution >= 0.6 is 11.8 Å². The highest BCUT2D eigenvalue weighted by Gasteiger charge is 2.25. The Balaban J connectivity index is 2.60. The molecule has 1 N–H and O–H groups in total. The number of ether oxygens (including phenoxy) is 1. The largest absolute Gasteiger partial charge is 0.478 e. The van der Waals surface area contributed by atoms with E-state index in [2.05, 4.69) is 0 Å². The van der Waals surface area contributed by atoms with Crippen molar-refractivity contribution in [3.8, 4) is 0 Å². The summed E-state index contributed by atoms with van der Waals surface area (Å²) in [5, 5.41) is 8.50. The van der Waals surface area contributed by atoms with Gasteiger partial charge in [-0.1, -0.05) is 0 Å². The van der Waals surface area contributed by atoms with Crippen LogP contribution in [0.5, 0.6) is 0 Å². The van der Waals surface area contributed by atoms with Crippen molar-refractivity contribution in [2.75, 3.05) is 31.8 Å². The molecule has 1 saturated heterocycles. The number of rotatable bonds is 6. The first-order valence-corrected chi connectivity index (χ1v) is 6.59. The number of carboxylic acids is 1. The highest BCUT2D eigenvalue weighted by Crippen LogP contribution is 2.22. The van der Waals surface area contributed by atoms with Gasteiger partial charge in [0.05, 0.1) is 6.61 Å². The van der Waals surface area contributed by atoms with E-state index < -0.39 is 5.97 Å². The summed E-state index contributed by atoms with van der Waals surface area (Å²) >= 11 is 1.81. The van der Waals surface area contributed by atoms with Gasteiger partial charge in [-0.2, -0.15) is 11.8 Å². The number of nitrogens with zero attached hydrogens (tertiary/aromatic N) is 1. The number of carbonyl (C=O) groups excluding carboxylic acids is 1. The molecule has 0 spiro atoms. The molecule has 1 unspecified atom stereocenters. The number of methoxy groups -OCH3 is 1. The number of amides is 1. The fraction of sp³-hybridized carbons (Fsp3) is 0.636. The predicted molar refractivity (Wildman–Crippen MR) is 66.1 cm³/mol. The first-order chi connectivity index (χ1) is 8.15. The Morgan fingerprint density at radius 3 is 2.82 bits per heavy atom. The molecule has 96 valence electrons. The van der Waals surface area contributed by atoms with Crippen LogP contribution in [0.3, 0.4) is 0 Å². The zero-order valence-electron chi connectivity index (χ0n) is 9.80. The van der Waals surface area contributed by atoms with Gasteiger partial charge in [-0.15, -0.1) is 0 Å². The van der Waals surface area contributed by atoms with Gasteiger partial charge in [0.2, 0.25) is 5.91 Å². The van der Waals surface area contributed by atoms with Crippen molar-refractivity contribution >= 4 is 23.6 Å². The van der Waals surface area contributed by atoms with Crippen LogP contribution in [0.4, 0.5) is 0 Å². The van der Waals surface area contributed by atoms with Crippen LogP contribution in [0.1, 0.15) is 6.42 Å². The van der Waals surface area contributed by atoms with Gasteiger partial charge in [-0.05, 0) is 12.2 Å². The van der Waals surface area contributed by atoms with Crippen molar-refractivity contribution in [2.24, 2.45) is 0 Å². The van der Waals surface area contributed by atoms with Crippen molar-refractivity contribution in [3.05, 3.63) is 12.2 Å². The Morgan fingerprint density at radius 1 is 1.53 bits per heavy atom. The summed E-state index contributed by atoms with van der Waals surface area (Å²) in [6, 6.07) is 0.195. The average molecular weight is 259 g/mol. The minimum Gasteiger partial charge on any atom is -0.478 e. The molecule has 1 rings (SSSR count). The molecule has 0 radical (unpaired) electrons. The zero-order valence-corrected chi connectivity index (χ0v) is 10.6. The van der Waals surface area contributed by atoms with Crippen molar-refractivity contribution in [3.63, 3.8) is 0 Å². The van der Waals surface area contributed by atoms with E-state index in [0.717, 1.165) is 30.1 Å². The Hall–Kier alpha value is -1.01. The van der Waals surface area contributed by atoms with Crippen molar-refractivity contribution in [2.45, 2.75) is 12.5 Å². The molecule has 5 nitrogen and oxygen atoms in total. The highest BCUT2D eigenvalue weighted by molar-refractivity contribution is 7.99. The lowest BCUT2D eigenvalue weighted by atomic mass is 10.2. The lowest BCUT2D eigenvalue weighted by Crippen LogP contribution is -2.41. The van der Waals surface area contributed by atoms with Gasteiger partial charge in [0.25, 0.3) is 0 Å².